The second-order valence-electron chi connectivity index (χ2n) is 7.28. The number of sulfonamides is 1. The number of fused-ring (bicyclic) bond motifs is 1. The van der Waals surface area contributed by atoms with E-state index in [1.165, 1.54) is 47.0 Å². The Morgan fingerprint density at radius 1 is 1.03 bits per heavy atom. The van der Waals surface area contributed by atoms with Crippen molar-refractivity contribution in [2.24, 2.45) is 0 Å². The average molecular weight is 482 g/mol. The lowest BCUT2D eigenvalue weighted by Crippen LogP contribution is -2.26. The van der Waals surface area contributed by atoms with Crippen molar-refractivity contribution in [3.05, 3.63) is 83.9 Å². The lowest BCUT2D eigenvalue weighted by Gasteiger charge is -2.17. The number of nitrogens with one attached hydrogen (secondary N) is 1. The maximum Gasteiger partial charge on any atom is 0.257 e. The number of anilines is 1. The summed E-state index contributed by atoms with van der Waals surface area (Å²) in [6.07, 6.45) is 0. The van der Waals surface area contributed by atoms with Gasteiger partial charge in [-0.25, -0.2) is 13.4 Å². The SMILES string of the molecule is CCOc1cccc2sc(NC(=O)c3ccc(S(=O)(=O)N(C)Cc4ccccc4)cc3)nc12. The monoisotopic (exact) mass is 481 g/mol. The van der Waals surface area contributed by atoms with E-state index in [-0.39, 0.29) is 17.3 Å². The zero-order chi connectivity index (χ0) is 23.4. The van der Waals surface area contributed by atoms with Crippen molar-refractivity contribution in [2.75, 3.05) is 19.0 Å². The molecule has 1 heterocycles. The molecule has 9 heteroatoms. The zero-order valence-corrected chi connectivity index (χ0v) is 19.8. The number of amides is 1. The standard InChI is InChI=1S/C24H23N3O4S2/c1-3-31-20-10-7-11-21-22(20)25-24(32-21)26-23(28)18-12-14-19(15-13-18)33(29,30)27(2)16-17-8-5-4-6-9-17/h4-15H,3,16H2,1-2H3,(H,25,26,28). The van der Waals surface area contributed by atoms with Crippen LogP contribution in [-0.4, -0.2) is 37.3 Å². The van der Waals surface area contributed by atoms with E-state index in [4.69, 9.17) is 4.74 Å². The number of benzene rings is 3. The van der Waals surface area contributed by atoms with E-state index in [2.05, 4.69) is 10.3 Å². The minimum atomic E-state index is -3.69. The van der Waals surface area contributed by atoms with Gasteiger partial charge in [0.15, 0.2) is 5.13 Å². The Balaban J connectivity index is 1.48. The predicted molar refractivity (Wildman–Crippen MR) is 130 cm³/mol. The first-order chi connectivity index (χ1) is 15.9. The van der Waals surface area contributed by atoms with Crippen LogP contribution in [0, 0.1) is 0 Å². The van der Waals surface area contributed by atoms with Crippen molar-refractivity contribution >= 4 is 42.6 Å². The average Bonchev–Trinajstić information content (AvgIpc) is 3.23. The Labute approximate surface area is 196 Å². The molecule has 0 fully saturated rings. The fourth-order valence-electron chi connectivity index (χ4n) is 3.30. The van der Waals surface area contributed by atoms with Crippen LogP contribution < -0.4 is 10.1 Å². The largest absolute Gasteiger partial charge is 0.492 e. The van der Waals surface area contributed by atoms with Crippen LogP contribution in [0.15, 0.2) is 77.7 Å². The smallest absolute Gasteiger partial charge is 0.257 e. The van der Waals surface area contributed by atoms with Crippen LogP contribution >= 0.6 is 11.3 Å². The highest BCUT2D eigenvalue weighted by atomic mass is 32.2. The number of para-hydroxylation sites is 1. The molecule has 0 atom stereocenters. The zero-order valence-electron chi connectivity index (χ0n) is 18.2. The normalized spacial score (nSPS) is 11.6. The minimum Gasteiger partial charge on any atom is -0.492 e. The molecule has 4 rings (SSSR count). The van der Waals surface area contributed by atoms with Crippen molar-refractivity contribution < 1.29 is 17.9 Å². The summed E-state index contributed by atoms with van der Waals surface area (Å²) in [6, 6.07) is 20.9. The fourth-order valence-corrected chi connectivity index (χ4v) is 5.34. The van der Waals surface area contributed by atoms with E-state index >= 15 is 0 Å². The van der Waals surface area contributed by atoms with E-state index in [0.29, 0.717) is 28.6 Å². The van der Waals surface area contributed by atoms with Crippen LogP contribution in [0.1, 0.15) is 22.8 Å². The molecule has 3 aromatic carbocycles. The van der Waals surface area contributed by atoms with Crippen molar-refractivity contribution in [3.63, 3.8) is 0 Å². The van der Waals surface area contributed by atoms with Crippen LogP contribution in [0.4, 0.5) is 5.13 Å². The van der Waals surface area contributed by atoms with Gasteiger partial charge in [-0.15, -0.1) is 0 Å². The number of carbonyl (C=O) groups is 1. The van der Waals surface area contributed by atoms with Gasteiger partial charge < -0.3 is 4.74 Å². The van der Waals surface area contributed by atoms with Gasteiger partial charge in [-0.05, 0) is 48.9 Å². The van der Waals surface area contributed by atoms with E-state index in [9.17, 15) is 13.2 Å². The van der Waals surface area contributed by atoms with E-state index < -0.39 is 10.0 Å². The number of ether oxygens (including phenoxy) is 1. The lowest BCUT2D eigenvalue weighted by molar-refractivity contribution is 0.102. The fraction of sp³-hybridized carbons (Fsp3) is 0.167. The van der Waals surface area contributed by atoms with E-state index in [1.54, 1.807) is 0 Å². The third-order valence-electron chi connectivity index (χ3n) is 4.98. The summed E-state index contributed by atoms with van der Waals surface area (Å²) in [5, 5.41) is 3.23. The van der Waals surface area contributed by atoms with Gasteiger partial charge >= 0.3 is 0 Å². The Bertz CT molecular complexity index is 1370. The summed E-state index contributed by atoms with van der Waals surface area (Å²) in [6.45, 7) is 2.68. The Hall–Kier alpha value is -3.27. The number of hydrogen-bond donors (Lipinski definition) is 1. The highest BCUT2D eigenvalue weighted by Crippen LogP contribution is 2.32. The second kappa shape index (κ2) is 9.70. The van der Waals surface area contributed by atoms with E-state index in [0.717, 1.165) is 10.3 Å². The first-order valence-corrected chi connectivity index (χ1v) is 12.6. The van der Waals surface area contributed by atoms with Gasteiger partial charge in [0.2, 0.25) is 10.0 Å². The molecule has 0 aliphatic carbocycles. The number of thiazole rings is 1. The molecule has 4 aromatic rings. The number of rotatable bonds is 8. The van der Waals surface area contributed by atoms with Crippen LogP contribution in [0.3, 0.4) is 0 Å². The molecule has 0 aliphatic rings. The molecule has 0 aliphatic heterocycles. The van der Waals surface area contributed by atoms with Crippen LogP contribution in [0.2, 0.25) is 0 Å². The number of aromatic nitrogens is 1. The summed E-state index contributed by atoms with van der Waals surface area (Å²) in [5.74, 6) is 0.300. The predicted octanol–water partition coefficient (Wildman–Crippen LogP) is 4.77. The van der Waals surface area contributed by atoms with Gasteiger partial charge in [0.05, 0.1) is 16.2 Å². The molecule has 1 N–H and O–H groups in total. The molecule has 0 spiro atoms. The first-order valence-electron chi connectivity index (χ1n) is 10.3. The lowest BCUT2D eigenvalue weighted by atomic mass is 10.2. The summed E-state index contributed by atoms with van der Waals surface area (Å²) >= 11 is 1.35. The highest BCUT2D eigenvalue weighted by molar-refractivity contribution is 7.89. The van der Waals surface area contributed by atoms with Gasteiger partial charge in [0.1, 0.15) is 11.3 Å². The third kappa shape index (κ3) is 5.05. The second-order valence-corrected chi connectivity index (χ2v) is 10.4. The molecule has 170 valence electrons. The van der Waals surface area contributed by atoms with Crippen LogP contribution in [-0.2, 0) is 16.6 Å². The van der Waals surface area contributed by atoms with Crippen molar-refractivity contribution in [1.29, 1.82) is 0 Å². The summed E-state index contributed by atoms with van der Waals surface area (Å²) in [7, 11) is -2.15. The van der Waals surface area contributed by atoms with Crippen molar-refractivity contribution in [1.82, 2.24) is 9.29 Å². The summed E-state index contributed by atoms with van der Waals surface area (Å²) < 4.78 is 33.6. The maximum absolute atomic E-state index is 12.9. The first kappa shape index (κ1) is 22.9. The van der Waals surface area contributed by atoms with Gasteiger partial charge in [-0.1, -0.05) is 47.7 Å². The van der Waals surface area contributed by atoms with Gasteiger partial charge in [-0.2, -0.15) is 4.31 Å². The molecule has 7 nitrogen and oxygen atoms in total. The maximum atomic E-state index is 12.9. The third-order valence-corrected chi connectivity index (χ3v) is 7.73. The molecular weight excluding hydrogens is 458 g/mol. The highest BCUT2D eigenvalue weighted by Gasteiger charge is 2.21. The Morgan fingerprint density at radius 3 is 2.45 bits per heavy atom. The summed E-state index contributed by atoms with van der Waals surface area (Å²) in [4.78, 5) is 17.3. The van der Waals surface area contributed by atoms with Crippen molar-refractivity contribution in [2.45, 2.75) is 18.4 Å². The molecule has 1 amide bonds. The van der Waals surface area contributed by atoms with Gasteiger partial charge in [0.25, 0.3) is 5.91 Å². The van der Waals surface area contributed by atoms with Crippen LogP contribution in [0.5, 0.6) is 5.75 Å². The van der Waals surface area contributed by atoms with Crippen LogP contribution in [0.25, 0.3) is 10.2 Å². The number of hydrogen-bond acceptors (Lipinski definition) is 6. The van der Waals surface area contributed by atoms with Crippen molar-refractivity contribution in [3.8, 4) is 5.75 Å². The molecule has 0 unspecified atom stereocenters. The van der Waals surface area contributed by atoms with Gasteiger partial charge in [0, 0.05) is 19.2 Å². The molecule has 0 saturated heterocycles. The number of carbonyl (C=O) groups excluding carboxylic acids is 1. The van der Waals surface area contributed by atoms with E-state index in [1.807, 2.05) is 55.5 Å². The topological polar surface area (TPSA) is 88.6 Å². The minimum absolute atomic E-state index is 0.124. The molecule has 0 saturated carbocycles. The quantitative estimate of drug-likeness (QED) is 0.392. The summed E-state index contributed by atoms with van der Waals surface area (Å²) in [5.41, 5.74) is 1.93. The molecule has 0 bridgehead atoms. The molecule has 33 heavy (non-hydrogen) atoms. The molecule has 0 radical (unpaired) electrons. The van der Waals surface area contributed by atoms with Gasteiger partial charge in [-0.3, -0.25) is 10.1 Å². The molecular formula is C24H23N3O4S2. The molecule has 1 aromatic heterocycles. The number of nitrogens with zero attached hydrogens (tertiary/aromatic N) is 2. The Morgan fingerprint density at radius 2 is 1.76 bits per heavy atom. The Kier molecular flexibility index (Phi) is 6.73.